The van der Waals surface area contributed by atoms with Crippen molar-refractivity contribution in [2.24, 2.45) is 0 Å². The molecule has 0 saturated carbocycles. The van der Waals surface area contributed by atoms with Crippen LogP contribution in [0.5, 0.6) is 0 Å². The zero-order chi connectivity index (χ0) is 20.2. The number of hydrogen-bond acceptors (Lipinski definition) is 6. The Hall–Kier alpha value is -2.55. The van der Waals surface area contributed by atoms with Gasteiger partial charge in [0.2, 0.25) is 11.6 Å². The fourth-order valence-corrected chi connectivity index (χ4v) is 4.22. The Morgan fingerprint density at radius 1 is 0.889 bits per heavy atom. The van der Waals surface area contributed by atoms with E-state index >= 15 is 0 Å². The molecule has 0 spiro atoms. The number of benzene rings is 1. The lowest BCUT2D eigenvalue weighted by Crippen LogP contribution is -2.36. The lowest BCUT2D eigenvalue weighted by molar-refractivity contribution is -0.136. The van der Waals surface area contributed by atoms with Gasteiger partial charge in [0.1, 0.15) is 0 Å². The molecule has 0 heterocycles. The van der Waals surface area contributed by atoms with E-state index < -0.39 is 33.4 Å². The third-order valence-electron chi connectivity index (χ3n) is 4.41. The van der Waals surface area contributed by atoms with Gasteiger partial charge in [0.25, 0.3) is 15.9 Å². The van der Waals surface area contributed by atoms with E-state index in [-0.39, 0.29) is 17.7 Å². The first-order chi connectivity index (χ1) is 12.7. The molecule has 2 amide bonds. The van der Waals surface area contributed by atoms with Crippen LogP contribution < -0.4 is 10.0 Å². The summed E-state index contributed by atoms with van der Waals surface area (Å²) in [6.45, 7) is 3.04. The number of fused-ring (bicyclic) bond motifs is 1. The van der Waals surface area contributed by atoms with Crippen molar-refractivity contribution in [1.82, 2.24) is 4.72 Å². The summed E-state index contributed by atoms with van der Waals surface area (Å²) in [5, 5.41) is 2.54. The molecule has 0 aliphatic heterocycles. The Labute approximate surface area is 157 Å². The Kier molecular flexibility index (Phi) is 6.48. The van der Waals surface area contributed by atoms with Crippen molar-refractivity contribution < 1.29 is 27.6 Å². The predicted molar refractivity (Wildman–Crippen MR) is 97.6 cm³/mol. The van der Waals surface area contributed by atoms with Crippen molar-refractivity contribution in [3.63, 3.8) is 0 Å². The number of sulfonamides is 1. The van der Waals surface area contributed by atoms with E-state index in [0.717, 1.165) is 12.8 Å². The number of hydrogen-bond donors (Lipinski definition) is 2. The van der Waals surface area contributed by atoms with Crippen LogP contribution in [0.1, 0.15) is 50.7 Å². The first-order valence-corrected chi connectivity index (χ1v) is 10.3. The highest BCUT2D eigenvalue weighted by atomic mass is 32.2. The molecule has 0 saturated heterocycles. The van der Waals surface area contributed by atoms with Gasteiger partial charge in [-0.1, -0.05) is 13.8 Å². The van der Waals surface area contributed by atoms with Gasteiger partial charge in [-0.2, -0.15) is 0 Å². The Balaban J connectivity index is 2.42. The van der Waals surface area contributed by atoms with Gasteiger partial charge in [0.15, 0.2) is 0 Å². The van der Waals surface area contributed by atoms with Gasteiger partial charge in [0, 0.05) is 18.5 Å². The van der Waals surface area contributed by atoms with Gasteiger partial charge in [-0.05, 0) is 48.9 Å². The summed E-state index contributed by atoms with van der Waals surface area (Å²) in [5.41, 5.74) is 1.52. The highest BCUT2D eigenvalue weighted by Crippen LogP contribution is 2.33. The van der Waals surface area contributed by atoms with Gasteiger partial charge >= 0.3 is 5.91 Å². The molecule has 0 radical (unpaired) electrons. The van der Waals surface area contributed by atoms with Crippen molar-refractivity contribution in [3.05, 3.63) is 23.3 Å². The molecule has 0 unspecified atom stereocenters. The summed E-state index contributed by atoms with van der Waals surface area (Å²) in [6, 6.07) is 2.69. The van der Waals surface area contributed by atoms with Crippen LogP contribution >= 0.6 is 0 Å². The summed E-state index contributed by atoms with van der Waals surface area (Å²) in [4.78, 5) is 46.5. The Morgan fingerprint density at radius 2 is 1.44 bits per heavy atom. The van der Waals surface area contributed by atoms with Crippen LogP contribution in [0.2, 0.25) is 0 Å². The number of nitrogens with one attached hydrogen (secondary N) is 2. The highest BCUT2D eigenvalue weighted by molar-refractivity contribution is 7.90. The summed E-state index contributed by atoms with van der Waals surface area (Å²) in [7, 11) is -4.22. The molecule has 8 nitrogen and oxygen atoms in total. The molecule has 27 heavy (non-hydrogen) atoms. The lowest BCUT2D eigenvalue weighted by Gasteiger charge is -2.22. The third-order valence-corrected chi connectivity index (χ3v) is 5.82. The zero-order valence-corrected chi connectivity index (χ0v) is 16.1. The minimum atomic E-state index is -4.22. The molecule has 0 fully saturated rings. The molecular weight excluding hydrogens is 372 g/mol. The summed E-state index contributed by atoms with van der Waals surface area (Å²) in [5.74, 6) is -3.31. The maximum atomic E-state index is 12.6. The highest BCUT2D eigenvalue weighted by Gasteiger charge is 2.28. The summed E-state index contributed by atoms with van der Waals surface area (Å²) < 4.78 is 27.0. The second-order valence-corrected chi connectivity index (χ2v) is 7.87. The van der Waals surface area contributed by atoms with E-state index in [1.807, 2.05) is 0 Å². The SMILES string of the molecule is CCC(=O)C(=O)Nc1ccc(S(=O)(=O)NC(=O)C(=O)CC)c2c1CCCC2. The quantitative estimate of drug-likeness (QED) is 0.671. The molecule has 2 rings (SSSR count). The van der Waals surface area contributed by atoms with Crippen LogP contribution in [-0.4, -0.2) is 31.8 Å². The molecule has 9 heteroatoms. The van der Waals surface area contributed by atoms with Crippen LogP contribution in [0.3, 0.4) is 0 Å². The number of anilines is 1. The van der Waals surface area contributed by atoms with Crippen molar-refractivity contribution in [2.45, 2.75) is 57.3 Å². The number of carbonyl (C=O) groups is 4. The van der Waals surface area contributed by atoms with Gasteiger partial charge in [-0.25, -0.2) is 13.1 Å². The molecular formula is C18H22N2O6S. The molecule has 2 N–H and O–H groups in total. The first kappa shape index (κ1) is 20.8. The maximum Gasteiger partial charge on any atom is 0.301 e. The van der Waals surface area contributed by atoms with E-state index in [4.69, 9.17) is 0 Å². The standard InChI is InChI=1S/C18H22N2O6S/c1-3-14(21)17(23)19-13-9-10-16(12-8-6-5-7-11(12)13)27(25,26)20-18(24)15(22)4-2/h9-10H,3-8H2,1-2H3,(H,19,23)(H,20,24). The van der Waals surface area contributed by atoms with E-state index in [1.165, 1.54) is 19.1 Å². The minimum absolute atomic E-state index is 0.0674. The molecule has 1 aliphatic rings. The lowest BCUT2D eigenvalue weighted by atomic mass is 9.90. The third kappa shape index (κ3) is 4.60. The predicted octanol–water partition coefficient (Wildman–Crippen LogP) is 1.27. The number of amides is 2. The van der Waals surface area contributed by atoms with E-state index in [9.17, 15) is 27.6 Å². The van der Waals surface area contributed by atoms with Crippen molar-refractivity contribution >= 4 is 39.1 Å². The number of Topliss-reactive ketones (excluding diaryl/α,β-unsaturated/α-hetero) is 2. The van der Waals surface area contributed by atoms with Crippen LogP contribution in [0.4, 0.5) is 5.69 Å². The zero-order valence-electron chi connectivity index (χ0n) is 15.3. The number of carbonyl (C=O) groups excluding carboxylic acids is 4. The molecule has 1 aromatic rings. The Morgan fingerprint density at radius 3 is 2.04 bits per heavy atom. The normalized spacial score (nSPS) is 13.4. The van der Waals surface area contributed by atoms with Gasteiger partial charge < -0.3 is 5.32 Å². The van der Waals surface area contributed by atoms with E-state index in [2.05, 4.69) is 5.32 Å². The topological polar surface area (TPSA) is 126 Å². The molecule has 0 aromatic heterocycles. The van der Waals surface area contributed by atoms with Gasteiger partial charge in [-0.3, -0.25) is 19.2 Å². The maximum absolute atomic E-state index is 12.6. The summed E-state index contributed by atoms with van der Waals surface area (Å²) in [6.07, 6.45) is 2.52. The smallest absolute Gasteiger partial charge is 0.301 e. The second-order valence-electron chi connectivity index (χ2n) is 6.22. The van der Waals surface area contributed by atoms with E-state index in [0.29, 0.717) is 29.7 Å². The van der Waals surface area contributed by atoms with Crippen LogP contribution in [0.25, 0.3) is 0 Å². The Bertz CT molecular complexity index is 905. The monoisotopic (exact) mass is 394 g/mol. The van der Waals surface area contributed by atoms with Gasteiger partial charge in [0.05, 0.1) is 4.90 Å². The number of ketones is 2. The van der Waals surface area contributed by atoms with Crippen molar-refractivity contribution in [2.75, 3.05) is 5.32 Å². The average Bonchev–Trinajstić information content (AvgIpc) is 2.66. The average molecular weight is 394 g/mol. The molecule has 1 aliphatic carbocycles. The van der Waals surface area contributed by atoms with E-state index in [1.54, 1.807) is 11.6 Å². The molecule has 0 atom stereocenters. The molecule has 1 aromatic carbocycles. The second kappa shape index (κ2) is 8.43. The fraction of sp³-hybridized carbons (Fsp3) is 0.444. The largest absolute Gasteiger partial charge is 0.319 e. The van der Waals surface area contributed by atoms with Gasteiger partial charge in [-0.15, -0.1) is 0 Å². The van der Waals surface area contributed by atoms with Crippen LogP contribution in [0, 0.1) is 0 Å². The molecule has 146 valence electrons. The van der Waals surface area contributed by atoms with Crippen LogP contribution in [0.15, 0.2) is 17.0 Å². The van der Waals surface area contributed by atoms with Crippen molar-refractivity contribution in [1.29, 1.82) is 0 Å². The minimum Gasteiger partial charge on any atom is -0.319 e. The summed E-state index contributed by atoms with van der Waals surface area (Å²) >= 11 is 0. The number of rotatable bonds is 7. The first-order valence-electron chi connectivity index (χ1n) is 8.80. The van der Waals surface area contributed by atoms with Crippen molar-refractivity contribution in [3.8, 4) is 0 Å². The fourth-order valence-electron chi connectivity index (χ4n) is 2.95. The molecule has 0 bridgehead atoms. The van der Waals surface area contributed by atoms with Crippen LogP contribution in [-0.2, 0) is 42.0 Å².